The first-order chi connectivity index (χ1) is 5.83. The van der Waals surface area contributed by atoms with Crippen LogP contribution in [-0.4, -0.2) is 6.29 Å². The number of aldehydes is 1. The fourth-order valence-corrected chi connectivity index (χ4v) is 1.10. The van der Waals surface area contributed by atoms with Crippen LogP contribution >= 0.6 is 0 Å². The van der Waals surface area contributed by atoms with Crippen LogP contribution in [0.4, 0.5) is 4.39 Å². The largest absolute Gasteiger partial charge is 0.461 e. The number of furan rings is 1. The molecule has 0 aliphatic carbocycles. The van der Waals surface area contributed by atoms with E-state index in [1.54, 1.807) is 12.1 Å². The van der Waals surface area contributed by atoms with Gasteiger partial charge >= 0.3 is 0 Å². The van der Waals surface area contributed by atoms with Crippen molar-refractivity contribution in [2.45, 2.75) is 0 Å². The molecule has 12 heavy (non-hydrogen) atoms. The summed E-state index contributed by atoms with van der Waals surface area (Å²) in [5, 5.41) is 0.665. The molecule has 3 heteroatoms. The Morgan fingerprint density at radius 2 is 2.17 bits per heavy atom. The third-order valence-corrected chi connectivity index (χ3v) is 1.72. The zero-order valence-corrected chi connectivity index (χ0v) is 6.08. The Hall–Kier alpha value is -1.64. The second-order valence-corrected chi connectivity index (χ2v) is 2.43. The van der Waals surface area contributed by atoms with E-state index in [9.17, 15) is 9.18 Å². The minimum absolute atomic E-state index is 0.0254. The fraction of sp³-hybridized carbons (Fsp3) is 0. The van der Waals surface area contributed by atoms with E-state index in [4.69, 9.17) is 4.42 Å². The lowest BCUT2D eigenvalue weighted by Gasteiger charge is -1.93. The van der Waals surface area contributed by atoms with Gasteiger partial charge in [-0.2, -0.15) is 0 Å². The van der Waals surface area contributed by atoms with Crippen LogP contribution in [0.25, 0.3) is 11.0 Å². The highest BCUT2D eigenvalue weighted by Crippen LogP contribution is 2.20. The molecule has 0 fully saturated rings. The van der Waals surface area contributed by atoms with E-state index in [2.05, 4.69) is 0 Å². The van der Waals surface area contributed by atoms with Gasteiger partial charge in [-0.3, -0.25) is 4.79 Å². The highest BCUT2D eigenvalue weighted by atomic mass is 19.1. The highest BCUT2D eigenvalue weighted by molar-refractivity contribution is 5.86. The van der Waals surface area contributed by atoms with Gasteiger partial charge in [-0.05, 0) is 12.1 Å². The Kier molecular flexibility index (Phi) is 1.43. The van der Waals surface area contributed by atoms with Crippen molar-refractivity contribution in [2.24, 2.45) is 0 Å². The number of hydrogen-bond donors (Lipinski definition) is 0. The molecule has 0 unspecified atom stereocenters. The van der Waals surface area contributed by atoms with Crippen LogP contribution in [0.5, 0.6) is 0 Å². The molecule has 2 nitrogen and oxygen atoms in total. The van der Waals surface area contributed by atoms with Crippen LogP contribution in [-0.2, 0) is 0 Å². The molecule has 0 spiro atoms. The van der Waals surface area contributed by atoms with Gasteiger partial charge in [0.05, 0.1) is 11.8 Å². The summed E-state index contributed by atoms with van der Waals surface area (Å²) in [7, 11) is 0. The summed E-state index contributed by atoms with van der Waals surface area (Å²) < 4.78 is 18.0. The Morgan fingerprint density at radius 3 is 2.92 bits per heavy atom. The SMILES string of the molecule is O=Cc1ccc2ccoc2c1F. The van der Waals surface area contributed by atoms with Gasteiger partial charge in [0.2, 0.25) is 0 Å². The average Bonchev–Trinajstić information content (AvgIpc) is 2.53. The summed E-state index contributed by atoms with van der Waals surface area (Å²) in [6, 6.07) is 4.72. The summed E-state index contributed by atoms with van der Waals surface area (Å²) in [5.74, 6) is -0.590. The molecule has 0 aliphatic heterocycles. The number of halogens is 1. The van der Waals surface area contributed by atoms with Crippen molar-refractivity contribution in [1.29, 1.82) is 0 Å². The third kappa shape index (κ3) is 0.830. The lowest BCUT2D eigenvalue weighted by atomic mass is 10.2. The Balaban J connectivity index is 2.86. The molecule has 0 atom stereocenters. The van der Waals surface area contributed by atoms with Gasteiger partial charge in [0.25, 0.3) is 0 Å². The van der Waals surface area contributed by atoms with Crippen molar-refractivity contribution in [2.75, 3.05) is 0 Å². The van der Waals surface area contributed by atoms with Crippen LogP contribution in [0, 0.1) is 5.82 Å². The quantitative estimate of drug-likeness (QED) is 0.605. The molecule has 1 aromatic heterocycles. The van der Waals surface area contributed by atoms with Gasteiger partial charge in [0, 0.05) is 5.39 Å². The second kappa shape index (κ2) is 2.44. The highest BCUT2D eigenvalue weighted by Gasteiger charge is 2.08. The number of rotatable bonds is 1. The van der Waals surface area contributed by atoms with E-state index < -0.39 is 5.82 Å². The Labute approximate surface area is 67.6 Å². The molecule has 1 heterocycles. The van der Waals surface area contributed by atoms with Crippen molar-refractivity contribution in [3.8, 4) is 0 Å². The van der Waals surface area contributed by atoms with Crippen LogP contribution in [0.15, 0.2) is 28.9 Å². The molecule has 0 bridgehead atoms. The van der Waals surface area contributed by atoms with Gasteiger partial charge < -0.3 is 4.42 Å². The maximum Gasteiger partial charge on any atom is 0.176 e. The normalized spacial score (nSPS) is 10.4. The lowest BCUT2D eigenvalue weighted by Crippen LogP contribution is -1.86. The van der Waals surface area contributed by atoms with Crippen molar-refractivity contribution < 1.29 is 13.6 Å². The maximum absolute atomic E-state index is 13.2. The summed E-state index contributed by atoms with van der Waals surface area (Å²) in [6.07, 6.45) is 1.86. The molecule has 2 aromatic rings. The molecule has 1 aromatic carbocycles. The minimum Gasteiger partial charge on any atom is -0.461 e. The van der Waals surface area contributed by atoms with Crippen LogP contribution in [0.2, 0.25) is 0 Å². The van der Waals surface area contributed by atoms with E-state index in [-0.39, 0.29) is 11.1 Å². The first kappa shape index (κ1) is 7.03. The number of hydrogen-bond acceptors (Lipinski definition) is 2. The van der Waals surface area contributed by atoms with E-state index in [1.165, 1.54) is 12.3 Å². The van der Waals surface area contributed by atoms with Gasteiger partial charge in [-0.1, -0.05) is 6.07 Å². The molecule has 0 N–H and O–H groups in total. The molecule has 0 saturated carbocycles. The monoisotopic (exact) mass is 164 g/mol. The first-order valence-electron chi connectivity index (χ1n) is 3.44. The zero-order chi connectivity index (χ0) is 8.55. The number of carbonyl (C=O) groups is 1. The number of benzene rings is 1. The van der Waals surface area contributed by atoms with Crippen LogP contribution in [0.3, 0.4) is 0 Å². The zero-order valence-electron chi connectivity index (χ0n) is 6.08. The first-order valence-corrected chi connectivity index (χ1v) is 3.44. The van der Waals surface area contributed by atoms with Gasteiger partial charge in [0.1, 0.15) is 0 Å². The topological polar surface area (TPSA) is 30.2 Å². The molecule has 60 valence electrons. The third-order valence-electron chi connectivity index (χ3n) is 1.72. The molecular formula is C9H5FO2. The summed E-state index contributed by atoms with van der Waals surface area (Å²) in [5.41, 5.74) is 0.164. The van der Waals surface area contributed by atoms with E-state index >= 15 is 0 Å². The Morgan fingerprint density at radius 1 is 1.33 bits per heavy atom. The molecule has 0 aliphatic rings. The van der Waals surface area contributed by atoms with Gasteiger partial charge in [0.15, 0.2) is 17.7 Å². The van der Waals surface area contributed by atoms with Crippen molar-refractivity contribution in [3.63, 3.8) is 0 Å². The van der Waals surface area contributed by atoms with E-state index in [1.807, 2.05) is 0 Å². The molecule has 2 rings (SSSR count). The Bertz CT molecular complexity index is 431. The van der Waals surface area contributed by atoms with E-state index in [0.717, 1.165) is 0 Å². The van der Waals surface area contributed by atoms with E-state index in [0.29, 0.717) is 11.7 Å². The molecular weight excluding hydrogens is 159 g/mol. The number of fused-ring (bicyclic) bond motifs is 1. The molecule has 0 saturated heterocycles. The lowest BCUT2D eigenvalue weighted by molar-refractivity contribution is 0.112. The van der Waals surface area contributed by atoms with Crippen molar-refractivity contribution in [3.05, 3.63) is 35.8 Å². The van der Waals surface area contributed by atoms with Crippen molar-refractivity contribution >= 4 is 17.3 Å². The second-order valence-electron chi connectivity index (χ2n) is 2.43. The van der Waals surface area contributed by atoms with Crippen LogP contribution < -0.4 is 0 Å². The number of carbonyl (C=O) groups excluding carboxylic acids is 1. The molecule has 0 radical (unpaired) electrons. The summed E-state index contributed by atoms with van der Waals surface area (Å²) >= 11 is 0. The predicted octanol–water partition coefficient (Wildman–Crippen LogP) is 2.38. The van der Waals surface area contributed by atoms with Crippen molar-refractivity contribution in [1.82, 2.24) is 0 Å². The predicted molar refractivity (Wildman–Crippen MR) is 41.6 cm³/mol. The van der Waals surface area contributed by atoms with Crippen LogP contribution in [0.1, 0.15) is 10.4 Å². The standard InChI is InChI=1S/C9H5FO2/c10-8-7(5-11)2-1-6-3-4-12-9(6)8/h1-5H. The fourth-order valence-electron chi connectivity index (χ4n) is 1.10. The smallest absolute Gasteiger partial charge is 0.176 e. The minimum atomic E-state index is -0.590. The maximum atomic E-state index is 13.2. The van der Waals surface area contributed by atoms with Gasteiger partial charge in [-0.25, -0.2) is 4.39 Å². The average molecular weight is 164 g/mol. The molecule has 0 amide bonds. The summed E-state index contributed by atoms with van der Waals surface area (Å²) in [6.45, 7) is 0. The van der Waals surface area contributed by atoms with Gasteiger partial charge in [-0.15, -0.1) is 0 Å². The summed E-state index contributed by atoms with van der Waals surface area (Å²) in [4.78, 5) is 10.3.